The van der Waals surface area contributed by atoms with Crippen molar-refractivity contribution in [3.05, 3.63) is 0 Å². The summed E-state index contributed by atoms with van der Waals surface area (Å²) in [6, 6.07) is 1.55. The molecule has 4 nitrogen and oxygen atoms in total. The van der Waals surface area contributed by atoms with E-state index in [0.29, 0.717) is 0 Å². The quantitative estimate of drug-likeness (QED) is 0.684. The molecule has 0 aromatic carbocycles. The lowest BCUT2D eigenvalue weighted by atomic mass is 9.97. The minimum absolute atomic E-state index is 0.717. The number of nitrogens with zero attached hydrogens (tertiary/aromatic N) is 2. The number of piperazine rings is 1. The highest BCUT2D eigenvalue weighted by Gasteiger charge is 2.32. The van der Waals surface area contributed by atoms with Gasteiger partial charge in [0.2, 0.25) is 0 Å². The van der Waals surface area contributed by atoms with E-state index in [1.54, 1.807) is 0 Å². The lowest BCUT2D eigenvalue weighted by Gasteiger charge is -2.47. The van der Waals surface area contributed by atoms with E-state index in [2.05, 4.69) is 29.0 Å². The predicted octanol–water partition coefficient (Wildman–Crippen LogP) is 1.56. The van der Waals surface area contributed by atoms with E-state index in [9.17, 15) is 0 Å². The summed E-state index contributed by atoms with van der Waals surface area (Å²) in [6.07, 6.45) is 5.37. The van der Waals surface area contributed by atoms with Crippen molar-refractivity contribution in [2.24, 2.45) is 0 Å². The van der Waals surface area contributed by atoms with Crippen LogP contribution in [0.3, 0.4) is 0 Å². The topological polar surface area (TPSA) is 27.7 Å². The minimum Gasteiger partial charge on any atom is -0.382 e. The van der Waals surface area contributed by atoms with E-state index in [4.69, 9.17) is 4.74 Å². The zero-order valence-corrected chi connectivity index (χ0v) is 13.4. The van der Waals surface area contributed by atoms with Gasteiger partial charge in [-0.15, -0.1) is 0 Å². The molecule has 118 valence electrons. The van der Waals surface area contributed by atoms with Crippen LogP contribution in [0.15, 0.2) is 0 Å². The SMILES string of the molecule is CCOCCCNCCN1CC2CCCCN2CC1C. The number of fused-ring (bicyclic) bond motifs is 1. The number of hydrogen-bond donors (Lipinski definition) is 1. The van der Waals surface area contributed by atoms with Gasteiger partial charge in [0.1, 0.15) is 0 Å². The highest BCUT2D eigenvalue weighted by molar-refractivity contribution is 4.89. The van der Waals surface area contributed by atoms with Crippen molar-refractivity contribution in [1.82, 2.24) is 15.1 Å². The molecule has 0 saturated carbocycles. The summed E-state index contributed by atoms with van der Waals surface area (Å²) in [4.78, 5) is 5.40. The maximum absolute atomic E-state index is 5.35. The molecule has 2 heterocycles. The maximum atomic E-state index is 5.35. The Morgan fingerprint density at radius 2 is 2.10 bits per heavy atom. The third kappa shape index (κ3) is 4.99. The van der Waals surface area contributed by atoms with Gasteiger partial charge in [-0.25, -0.2) is 0 Å². The molecule has 1 N–H and O–H groups in total. The van der Waals surface area contributed by atoms with Crippen molar-refractivity contribution in [2.45, 2.75) is 51.6 Å². The molecule has 2 aliphatic heterocycles. The molecule has 0 aromatic heterocycles. The standard InChI is InChI=1S/C16H33N3O/c1-3-20-12-6-8-17-9-11-18-14-16-7-4-5-10-19(16)13-15(18)2/h15-17H,3-14H2,1-2H3. The fraction of sp³-hybridized carbons (Fsp3) is 1.00. The molecular weight excluding hydrogens is 250 g/mol. The van der Waals surface area contributed by atoms with E-state index < -0.39 is 0 Å². The van der Waals surface area contributed by atoms with Crippen LogP contribution in [-0.2, 0) is 4.74 Å². The first-order valence-electron chi connectivity index (χ1n) is 8.57. The van der Waals surface area contributed by atoms with Gasteiger partial charge in [-0.1, -0.05) is 6.42 Å². The van der Waals surface area contributed by atoms with Crippen molar-refractivity contribution >= 4 is 0 Å². The third-order valence-corrected chi connectivity index (χ3v) is 4.74. The number of hydrogen-bond acceptors (Lipinski definition) is 4. The Labute approximate surface area is 124 Å². The van der Waals surface area contributed by atoms with E-state index in [-0.39, 0.29) is 0 Å². The lowest BCUT2D eigenvalue weighted by Crippen LogP contribution is -2.59. The van der Waals surface area contributed by atoms with Gasteiger partial charge in [0.15, 0.2) is 0 Å². The van der Waals surface area contributed by atoms with Crippen molar-refractivity contribution in [3.63, 3.8) is 0 Å². The molecule has 0 bridgehead atoms. The van der Waals surface area contributed by atoms with Gasteiger partial charge < -0.3 is 10.1 Å². The smallest absolute Gasteiger partial charge is 0.0477 e. The molecule has 0 amide bonds. The van der Waals surface area contributed by atoms with Crippen LogP contribution in [0.5, 0.6) is 0 Å². The largest absolute Gasteiger partial charge is 0.382 e. The molecule has 0 spiro atoms. The molecule has 2 rings (SSSR count). The molecular formula is C16H33N3O. The molecule has 2 unspecified atom stereocenters. The van der Waals surface area contributed by atoms with E-state index in [1.165, 1.54) is 45.4 Å². The Bertz CT molecular complexity index is 262. The fourth-order valence-corrected chi connectivity index (χ4v) is 3.52. The molecule has 0 radical (unpaired) electrons. The number of rotatable bonds is 8. The van der Waals surface area contributed by atoms with Crippen LogP contribution >= 0.6 is 0 Å². The lowest BCUT2D eigenvalue weighted by molar-refractivity contribution is 0.0160. The molecule has 4 heteroatoms. The summed E-state index contributed by atoms with van der Waals surface area (Å²) in [7, 11) is 0. The molecule has 2 atom stereocenters. The van der Waals surface area contributed by atoms with Gasteiger partial charge in [0.05, 0.1) is 0 Å². The van der Waals surface area contributed by atoms with Crippen LogP contribution in [0, 0.1) is 0 Å². The zero-order chi connectivity index (χ0) is 14.2. The summed E-state index contributed by atoms with van der Waals surface area (Å²) in [5, 5.41) is 3.55. The molecule has 2 fully saturated rings. The first kappa shape index (κ1) is 16.2. The van der Waals surface area contributed by atoms with Gasteiger partial charge in [0.25, 0.3) is 0 Å². The Morgan fingerprint density at radius 3 is 2.95 bits per heavy atom. The van der Waals surface area contributed by atoms with Crippen LogP contribution in [0.25, 0.3) is 0 Å². The highest BCUT2D eigenvalue weighted by Crippen LogP contribution is 2.23. The summed E-state index contributed by atoms with van der Waals surface area (Å²) >= 11 is 0. The fourth-order valence-electron chi connectivity index (χ4n) is 3.52. The van der Waals surface area contributed by atoms with Gasteiger partial charge in [-0.05, 0) is 46.2 Å². The highest BCUT2D eigenvalue weighted by atomic mass is 16.5. The number of nitrogens with one attached hydrogen (secondary N) is 1. The van der Waals surface area contributed by atoms with Crippen molar-refractivity contribution in [1.29, 1.82) is 0 Å². The van der Waals surface area contributed by atoms with Gasteiger partial charge >= 0.3 is 0 Å². The minimum atomic E-state index is 0.717. The van der Waals surface area contributed by atoms with Gasteiger partial charge in [-0.2, -0.15) is 0 Å². The predicted molar refractivity (Wildman–Crippen MR) is 84.2 cm³/mol. The van der Waals surface area contributed by atoms with Crippen LogP contribution in [0.1, 0.15) is 39.5 Å². The summed E-state index contributed by atoms with van der Waals surface area (Å²) in [6.45, 7) is 13.4. The van der Waals surface area contributed by atoms with Crippen LogP contribution in [0.2, 0.25) is 0 Å². The first-order chi connectivity index (χ1) is 9.81. The Kier molecular flexibility index (Phi) is 7.28. The van der Waals surface area contributed by atoms with Crippen molar-refractivity contribution in [3.8, 4) is 0 Å². The van der Waals surface area contributed by atoms with Crippen LogP contribution in [-0.4, -0.2) is 74.4 Å². The molecule has 2 aliphatic rings. The maximum Gasteiger partial charge on any atom is 0.0477 e. The van der Waals surface area contributed by atoms with Crippen molar-refractivity contribution in [2.75, 3.05) is 52.5 Å². The average molecular weight is 283 g/mol. The van der Waals surface area contributed by atoms with E-state index in [0.717, 1.165) is 44.8 Å². The second-order valence-electron chi connectivity index (χ2n) is 6.29. The Morgan fingerprint density at radius 1 is 1.20 bits per heavy atom. The van der Waals surface area contributed by atoms with E-state index in [1.807, 2.05) is 0 Å². The second kappa shape index (κ2) is 8.98. The third-order valence-electron chi connectivity index (χ3n) is 4.74. The van der Waals surface area contributed by atoms with Gasteiger partial charge in [0, 0.05) is 51.5 Å². The summed E-state index contributed by atoms with van der Waals surface area (Å²) in [5.41, 5.74) is 0. The van der Waals surface area contributed by atoms with Crippen LogP contribution < -0.4 is 5.32 Å². The van der Waals surface area contributed by atoms with E-state index >= 15 is 0 Å². The molecule has 20 heavy (non-hydrogen) atoms. The number of ether oxygens (including phenoxy) is 1. The second-order valence-corrected chi connectivity index (χ2v) is 6.29. The monoisotopic (exact) mass is 283 g/mol. The zero-order valence-electron chi connectivity index (χ0n) is 13.4. The number of piperidine rings is 1. The Balaban J connectivity index is 1.58. The van der Waals surface area contributed by atoms with Crippen LogP contribution in [0.4, 0.5) is 0 Å². The normalized spacial score (nSPS) is 28.5. The molecule has 0 aliphatic carbocycles. The molecule has 2 saturated heterocycles. The van der Waals surface area contributed by atoms with Gasteiger partial charge in [-0.3, -0.25) is 9.80 Å². The summed E-state index contributed by atoms with van der Waals surface area (Å²) in [5.74, 6) is 0. The average Bonchev–Trinajstić information content (AvgIpc) is 2.46. The molecule has 0 aromatic rings. The van der Waals surface area contributed by atoms with Crippen molar-refractivity contribution < 1.29 is 4.74 Å². The first-order valence-corrected chi connectivity index (χ1v) is 8.57. The Hall–Kier alpha value is -0.160. The summed E-state index contributed by atoms with van der Waals surface area (Å²) < 4.78 is 5.35.